The van der Waals surface area contributed by atoms with E-state index in [-0.39, 0.29) is 22.9 Å². The molecule has 0 bridgehead atoms. The molecule has 7 heteroatoms. The summed E-state index contributed by atoms with van der Waals surface area (Å²) in [4.78, 5) is 11.1. The molecule has 2 atom stereocenters. The highest BCUT2D eigenvalue weighted by atomic mass is 32.2. The third-order valence-corrected chi connectivity index (χ3v) is 6.11. The molecule has 3 N–H and O–H groups in total. The number of nitrogens with one attached hydrogen (secondary N) is 1. The Labute approximate surface area is 136 Å². The van der Waals surface area contributed by atoms with Gasteiger partial charge in [0.05, 0.1) is 16.6 Å². The highest BCUT2D eigenvalue weighted by Crippen LogP contribution is 2.25. The maximum atomic E-state index is 12.5. The van der Waals surface area contributed by atoms with Crippen LogP contribution in [-0.2, 0) is 10.0 Å². The highest BCUT2D eigenvalue weighted by Gasteiger charge is 2.26. The predicted octanol–water partition coefficient (Wildman–Crippen LogP) is 1.83. The summed E-state index contributed by atoms with van der Waals surface area (Å²) in [5.41, 5.74) is 1.10. The molecule has 2 rings (SSSR count). The number of carboxylic acids is 1. The molecule has 1 aliphatic carbocycles. The first-order valence-electron chi connectivity index (χ1n) is 7.74. The van der Waals surface area contributed by atoms with Crippen molar-refractivity contribution in [2.75, 3.05) is 6.54 Å². The predicted molar refractivity (Wildman–Crippen MR) is 86.0 cm³/mol. The van der Waals surface area contributed by atoms with Crippen LogP contribution in [0.25, 0.3) is 0 Å². The van der Waals surface area contributed by atoms with Gasteiger partial charge in [0, 0.05) is 6.54 Å². The van der Waals surface area contributed by atoms with E-state index in [0.29, 0.717) is 17.5 Å². The van der Waals surface area contributed by atoms with Crippen molar-refractivity contribution in [3.63, 3.8) is 0 Å². The molecule has 0 radical (unpaired) electrons. The summed E-state index contributed by atoms with van der Waals surface area (Å²) in [5, 5.41) is 19.0. The zero-order valence-corrected chi connectivity index (χ0v) is 14.2. The molecular formula is C16H23NO5S. The second kappa shape index (κ2) is 6.98. The Bertz CT molecular complexity index is 699. The minimum absolute atomic E-state index is 0.0137. The first kappa shape index (κ1) is 17.9. The van der Waals surface area contributed by atoms with Gasteiger partial charge in [0.25, 0.3) is 0 Å². The summed E-state index contributed by atoms with van der Waals surface area (Å²) in [6, 6.07) is 2.64. The van der Waals surface area contributed by atoms with Crippen molar-refractivity contribution >= 4 is 16.0 Å². The summed E-state index contributed by atoms with van der Waals surface area (Å²) in [6.45, 7) is 3.51. The van der Waals surface area contributed by atoms with Gasteiger partial charge < -0.3 is 10.2 Å². The van der Waals surface area contributed by atoms with Crippen molar-refractivity contribution in [1.29, 1.82) is 0 Å². The van der Waals surface area contributed by atoms with Crippen LogP contribution in [0, 0.1) is 19.8 Å². The standard InChI is InChI=1S/C16H23NO5S/c1-10-7-13(16(19)20)8-15(11(10)2)23(21,22)17-9-12-5-3-4-6-14(12)18/h7-8,12,14,17-18H,3-6,9H2,1-2H3,(H,19,20). The van der Waals surface area contributed by atoms with E-state index >= 15 is 0 Å². The Morgan fingerprint density at radius 3 is 2.52 bits per heavy atom. The Morgan fingerprint density at radius 2 is 1.91 bits per heavy atom. The summed E-state index contributed by atoms with van der Waals surface area (Å²) in [6.07, 6.45) is 2.94. The largest absolute Gasteiger partial charge is 0.478 e. The van der Waals surface area contributed by atoms with Gasteiger partial charge in [-0.25, -0.2) is 17.9 Å². The zero-order chi connectivity index (χ0) is 17.2. The maximum Gasteiger partial charge on any atom is 0.335 e. The molecule has 0 heterocycles. The van der Waals surface area contributed by atoms with E-state index in [1.54, 1.807) is 13.8 Å². The van der Waals surface area contributed by atoms with Crippen molar-refractivity contribution in [2.24, 2.45) is 5.92 Å². The van der Waals surface area contributed by atoms with Gasteiger partial charge >= 0.3 is 5.97 Å². The van der Waals surface area contributed by atoms with Gasteiger partial charge in [-0.1, -0.05) is 12.8 Å². The van der Waals surface area contributed by atoms with Crippen molar-refractivity contribution < 1.29 is 23.4 Å². The molecule has 1 fully saturated rings. The van der Waals surface area contributed by atoms with Crippen molar-refractivity contribution in [1.82, 2.24) is 4.72 Å². The number of benzene rings is 1. The van der Waals surface area contributed by atoms with Crippen LogP contribution in [0.15, 0.2) is 17.0 Å². The number of hydrogen-bond acceptors (Lipinski definition) is 4. The van der Waals surface area contributed by atoms with Gasteiger partial charge in [0.2, 0.25) is 10.0 Å². The lowest BCUT2D eigenvalue weighted by Gasteiger charge is -2.27. The number of carbonyl (C=O) groups is 1. The average molecular weight is 341 g/mol. The van der Waals surface area contributed by atoms with E-state index in [4.69, 9.17) is 5.11 Å². The highest BCUT2D eigenvalue weighted by molar-refractivity contribution is 7.89. The fourth-order valence-corrected chi connectivity index (χ4v) is 4.39. The smallest absolute Gasteiger partial charge is 0.335 e. The van der Waals surface area contributed by atoms with Gasteiger partial charge in [0.1, 0.15) is 0 Å². The van der Waals surface area contributed by atoms with Crippen molar-refractivity contribution in [3.05, 3.63) is 28.8 Å². The van der Waals surface area contributed by atoms with Crippen LogP contribution in [0.3, 0.4) is 0 Å². The number of carboxylic acid groups (broad SMARTS) is 1. The summed E-state index contributed by atoms with van der Waals surface area (Å²) in [7, 11) is -3.82. The second-order valence-electron chi connectivity index (χ2n) is 6.19. The normalized spacial score (nSPS) is 22.0. The Hall–Kier alpha value is -1.44. The van der Waals surface area contributed by atoms with Crippen LogP contribution in [-0.4, -0.2) is 37.2 Å². The van der Waals surface area contributed by atoms with Gasteiger partial charge in [-0.15, -0.1) is 0 Å². The molecule has 0 spiro atoms. The Morgan fingerprint density at radius 1 is 1.26 bits per heavy atom. The van der Waals surface area contributed by atoms with Gasteiger partial charge in [-0.3, -0.25) is 0 Å². The number of rotatable bonds is 5. The molecule has 0 aliphatic heterocycles. The first-order valence-corrected chi connectivity index (χ1v) is 9.23. The summed E-state index contributed by atoms with van der Waals surface area (Å²) >= 11 is 0. The second-order valence-corrected chi connectivity index (χ2v) is 7.92. The van der Waals surface area contributed by atoms with Crippen LogP contribution >= 0.6 is 0 Å². The number of hydrogen-bond donors (Lipinski definition) is 3. The van der Waals surface area contributed by atoms with Crippen LogP contribution < -0.4 is 4.72 Å². The lowest BCUT2D eigenvalue weighted by Crippen LogP contribution is -2.37. The molecule has 0 amide bonds. The van der Waals surface area contributed by atoms with E-state index < -0.39 is 22.1 Å². The minimum Gasteiger partial charge on any atom is -0.478 e. The Balaban J connectivity index is 2.23. The quantitative estimate of drug-likeness (QED) is 0.758. The maximum absolute atomic E-state index is 12.5. The Kier molecular flexibility index (Phi) is 5.44. The summed E-state index contributed by atoms with van der Waals surface area (Å²) in [5.74, 6) is -1.25. The fourth-order valence-electron chi connectivity index (χ4n) is 2.95. The van der Waals surface area contributed by atoms with Crippen molar-refractivity contribution in [3.8, 4) is 0 Å². The lowest BCUT2D eigenvalue weighted by atomic mass is 9.87. The lowest BCUT2D eigenvalue weighted by molar-refractivity contribution is 0.0696. The van der Waals surface area contributed by atoms with Gasteiger partial charge in [0.15, 0.2) is 0 Å². The molecule has 1 aromatic rings. The van der Waals surface area contributed by atoms with E-state index in [0.717, 1.165) is 19.3 Å². The van der Waals surface area contributed by atoms with Crippen LogP contribution in [0.1, 0.15) is 47.2 Å². The van der Waals surface area contributed by atoms with Crippen molar-refractivity contribution in [2.45, 2.75) is 50.5 Å². The fraction of sp³-hybridized carbons (Fsp3) is 0.562. The average Bonchev–Trinajstić information content (AvgIpc) is 2.48. The third kappa shape index (κ3) is 4.10. The number of aliphatic hydroxyl groups is 1. The molecule has 2 unspecified atom stereocenters. The molecular weight excluding hydrogens is 318 g/mol. The van der Waals surface area contributed by atoms with E-state index in [1.807, 2.05) is 0 Å². The monoisotopic (exact) mass is 341 g/mol. The molecule has 1 aliphatic rings. The zero-order valence-electron chi connectivity index (χ0n) is 13.4. The summed E-state index contributed by atoms with van der Waals surface area (Å²) < 4.78 is 27.6. The molecule has 1 saturated carbocycles. The van der Waals surface area contributed by atoms with Crippen LogP contribution in [0.2, 0.25) is 0 Å². The molecule has 0 saturated heterocycles. The topological polar surface area (TPSA) is 104 Å². The van der Waals surface area contributed by atoms with Gasteiger partial charge in [-0.2, -0.15) is 0 Å². The molecule has 1 aromatic carbocycles. The van der Waals surface area contributed by atoms with Gasteiger partial charge in [-0.05, 0) is 55.9 Å². The molecule has 0 aromatic heterocycles. The van der Waals surface area contributed by atoms with E-state index in [1.165, 1.54) is 12.1 Å². The molecule has 128 valence electrons. The number of aryl methyl sites for hydroxylation is 1. The SMILES string of the molecule is Cc1cc(C(=O)O)cc(S(=O)(=O)NCC2CCCCC2O)c1C. The number of aromatic carboxylic acids is 1. The van der Waals surface area contributed by atoms with E-state index in [2.05, 4.69) is 4.72 Å². The molecule has 23 heavy (non-hydrogen) atoms. The van der Waals surface area contributed by atoms with Crippen LogP contribution in [0.5, 0.6) is 0 Å². The molecule has 6 nitrogen and oxygen atoms in total. The number of aliphatic hydroxyl groups excluding tert-OH is 1. The van der Waals surface area contributed by atoms with E-state index in [9.17, 15) is 18.3 Å². The first-order chi connectivity index (χ1) is 10.7. The van der Waals surface area contributed by atoms with Crippen LogP contribution in [0.4, 0.5) is 0 Å². The number of sulfonamides is 1. The third-order valence-electron chi connectivity index (χ3n) is 4.56. The minimum atomic E-state index is -3.82.